The van der Waals surface area contributed by atoms with E-state index in [0.717, 1.165) is 18.7 Å². The van der Waals surface area contributed by atoms with Crippen molar-refractivity contribution in [1.82, 2.24) is 5.32 Å². The maximum atomic E-state index is 12.1. The van der Waals surface area contributed by atoms with E-state index in [-0.39, 0.29) is 18.0 Å². The van der Waals surface area contributed by atoms with E-state index in [1.165, 1.54) is 0 Å². The molecule has 19 heavy (non-hydrogen) atoms. The summed E-state index contributed by atoms with van der Waals surface area (Å²) in [6, 6.07) is 9.95. The van der Waals surface area contributed by atoms with E-state index < -0.39 is 0 Å². The van der Waals surface area contributed by atoms with Gasteiger partial charge in [-0.2, -0.15) is 0 Å². The topological polar surface area (TPSA) is 58.4 Å². The smallest absolute Gasteiger partial charge is 0.242 e. The van der Waals surface area contributed by atoms with Crippen molar-refractivity contribution < 1.29 is 4.79 Å². The summed E-state index contributed by atoms with van der Waals surface area (Å²) in [7, 11) is 0. The Hall–Kier alpha value is -1.55. The van der Waals surface area contributed by atoms with Gasteiger partial charge < -0.3 is 16.0 Å². The first-order valence-corrected chi connectivity index (χ1v) is 6.88. The number of nitrogens with two attached hydrogens (primary N) is 1. The van der Waals surface area contributed by atoms with Crippen molar-refractivity contribution in [2.75, 3.05) is 18.0 Å². The quantitative estimate of drug-likeness (QED) is 0.788. The van der Waals surface area contributed by atoms with E-state index in [0.29, 0.717) is 6.54 Å². The van der Waals surface area contributed by atoms with E-state index >= 15 is 0 Å². The van der Waals surface area contributed by atoms with Crippen LogP contribution in [0.5, 0.6) is 0 Å². The highest BCUT2D eigenvalue weighted by atomic mass is 16.2. The van der Waals surface area contributed by atoms with Gasteiger partial charge in [0, 0.05) is 18.3 Å². The molecule has 0 aliphatic carbocycles. The SMILES string of the molecule is CC(C)NC(=O)C(C)N(CCCN)c1ccccc1. The number of para-hydroxylation sites is 1. The zero-order chi connectivity index (χ0) is 14.3. The Morgan fingerprint density at radius 2 is 1.89 bits per heavy atom. The van der Waals surface area contributed by atoms with Crippen molar-refractivity contribution >= 4 is 11.6 Å². The number of anilines is 1. The van der Waals surface area contributed by atoms with Gasteiger partial charge in [0.2, 0.25) is 5.91 Å². The molecule has 0 bridgehead atoms. The van der Waals surface area contributed by atoms with Crippen LogP contribution in [-0.2, 0) is 4.79 Å². The number of benzene rings is 1. The Kier molecular flexibility index (Phi) is 6.36. The summed E-state index contributed by atoms with van der Waals surface area (Å²) in [4.78, 5) is 14.2. The number of hydrogen-bond donors (Lipinski definition) is 2. The highest BCUT2D eigenvalue weighted by molar-refractivity contribution is 5.85. The zero-order valence-electron chi connectivity index (χ0n) is 12.1. The molecule has 0 saturated carbocycles. The van der Waals surface area contributed by atoms with Crippen LogP contribution >= 0.6 is 0 Å². The lowest BCUT2D eigenvalue weighted by Gasteiger charge is -2.31. The first kappa shape index (κ1) is 15.5. The molecule has 1 aromatic carbocycles. The second-order valence-corrected chi connectivity index (χ2v) is 5.01. The second kappa shape index (κ2) is 7.79. The van der Waals surface area contributed by atoms with E-state index in [4.69, 9.17) is 5.73 Å². The first-order chi connectivity index (χ1) is 9.06. The molecule has 1 aromatic rings. The van der Waals surface area contributed by atoms with Gasteiger partial charge in [-0.25, -0.2) is 0 Å². The molecule has 4 heteroatoms. The van der Waals surface area contributed by atoms with Crippen molar-refractivity contribution in [2.45, 2.75) is 39.3 Å². The average Bonchev–Trinajstić information content (AvgIpc) is 2.39. The van der Waals surface area contributed by atoms with Crippen LogP contribution in [0.1, 0.15) is 27.2 Å². The van der Waals surface area contributed by atoms with Crippen LogP contribution in [0, 0.1) is 0 Å². The molecule has 0 aliphatic heterocycles. The Labute approximate surface area is 116 Å². The Morgan fingerprint density at radius 3 is 2.42 bits per heavy atom. The van der Waals surface area contributed by atoms with Crippen LogP contribution in [0.2, 0.25) is 0 Å². The molecule has 0 aliphatic rings. The van der Waals surface area contributed by atoms with Crippen LogP contribution < -0.4 is 16.0 Å². The van der Waals surface area contributed by atoms with Crippen molar-refractivity contribution in [3.8, 4) is 0 Å². The Morgan fingerprint density at radius 1 is 1.26 bits per heavy atom. The summed E-state index contributed by atoms with van der Waals surface area (Å²) in [5.74, 6) is 0.0517. The van der Waals surface area contributed by atoms with Crippen molar-refractivity contribution in [3.05, 3.63) is 30.3 Å². The molecule has 1 atom stereocenters. The molecule has 4 nitrogen and oxygen atoms in total. The maximum absolute atomic E-state index is 12.1. The summed E-state index contributed by atoms with van der Waals surface area (Å²) in [5, 5.41) is 2.96. The fraction of sp³-hybridized carbons (Fsp3) is 0.533. The summed E-state index contributed by atoms with van der Waals surface area (Å²) >= 11 is 0. The minimum Gasteiger partial charge on any atom is -0.360 e. The summed E-state index contributed by atoms with van der Waals surface area (Å²) in [6.45, 7) is 7.28. The molecular weight excluding hydrogens is 238 g/mol. The molecule has 106 valence electrons. The van der Waals surface area contributed by atoms with Gasteiger partial charge in [-0.1, -0.05) is 18.2 Å². The summed E-state index contributed by atoms with van der Waals surface area (Å²) in [5.41, 5.74) is 6.64. The molecule has 0 saturated heterocycles. The Balaban J connectivity index is 2.81. The van der Waals surface area contributed by atoms with Crippen LogP contribution in [-0.4, -0.2) is 31.1 Å². The maximum Gasteiger partial charge on any atom is 0.242 e. The molecule has 3 N–H and O–H groups in total. The van der Waals surface area contributed by atoms with Crippen molar-refractivity contribution in [1.29, 1.82) is 0 Å². The van der Waals surface area contributed by atoms with Gasteiger partial charge in [0.05, 0.1) is 0 Å². The van der Waals surface area contributed by atoms with E-state index in [2.05, 4.69) is 10.2 Å². The van der Waals surface area contributed by atoms with Crippen LogP contribution in [0.4, 0.5) is 5.69 Å². The minimum absolute atomic E-state index is 0.0517. The third-order valence-electron chi connectivity index (χ3n) is 2.97. The highest BCUT2D eigenvalue weighted by Gasteiger charge is 2.21. The number of hydrogen-bond acceptors (Lipinski definition) is 3. The monoisotopic (exact) mass is 263 g/mol. The first-order valence-electron chi connectivity index (χ1n) is 6.88. The largest absolute Gasteiger partial charge is 0.360 e. The number of amides is 1. The molecule has 0 fully saturated rings. The molecular formula is C15H25N3O. The van der Waals surface area contributed by atoms with Crippen molar-refractivity contribution in [3.63, 3.8) is 0 Å². The van der Waals surface area contributed by atoms with Crippen LogP contribution in [0.3, 0.4) is 0 Å². The number of nitrogens with one attached hydrogen (secondary N) is 1. The number of nitrogens with zero attached hydrogens (tertiary/aromatic N) is 1. The third kappa shape index (κ3) is 4.91. The van der Waals surface area contributed by atoms with Crippen molar-refractivity contribution in [2.24, 2.45) is 5.73 Å². The van der Waals surface area contributed by atoms with E-state index in [9.17, 15) is 4.79 Å². The molecule has 0 radical (unpaired) electrons. The van der Waals surface area contributed by atoms with Gasteiger partial charge in [-0.05, 0) is 45.9 Å². The lowest BCUT2D eigenvalue weighted by atomic mass is 10.2. The summed E-state index contributed by atoms with van der Waals surface area (Å²) in [6.07, 6.45) is 0.869. The fourth-order valence-corrected chi connectivity index (χ4v) is 1.97. The molecule has 0 spiro atoms. The minimum atomic E-state index is -0.198. The fourth-order valence-electron chi connectivity index (χ4n) is 1.97. The van der Waals surface area contributed by atoms with Gasteiger partial charge in [0.1, 0.15) is 6.04 Å². The third-order valence-corrected chi connectivity index (χ3v) is 2.97. The molecule has 1 amide bonds. The second-order valence-electron chi connectivity index (χ2n) is 5.01. The summed E-state index contributed by atoms with van der Waals surface area (Å²) < 4.78 is 0. The zero-order valence-corrected chi connectivity index (χ0v) is 12.1. The highest BCUT2D eigenvalue weighted by Crippen LogP contribution is 2.17. The predicted octanol–water partition coefficient (Wildman–Crippen LogP) is 1.75. The average molecular weight is 263 g/mol. The number of carbonyl (C=O) groups excluding carboxylic acids is 1. The van der Waals surface area contributed by atoms with Gasteiger partial charge >= 0.3 is 0 Å². The number of rotatable bonds is 7. The molecule has 0 aromatic heterocycles. The van der Waals surface area contributed by atoms with Gasteiger partial charge in [-0.3, -0.25) is 4.79 Å². The number of carbonyl (C=O) groups is 1. The molecule has 1 unspecified atom stereocenters. The predicted molar refractivity (Wildman–Crippen MR) is 80.2 cm³/mol. The normalized spacial score (nSPS) is 12.3. The molecule has 0 heterocycles. The lowest BCUT2D eigenvalue weighted by molar-refractivity contribution is -0.122. The van der Waals surface area contributed by atoms with Gasteiger partial charge in [0.15, 0.2) is 0 Å². The van der Waals surface area contributed by atoms with Crippen LogP contribution in [0.15, 0.2) is 30.3 Å². The van der Waals surface area contributed by atoms with Gasteiger partial charge in [0.25, 0.3) is 0 Å². The lowest BCUT2D eigenvalue weighted by Crippen LogP contribution is -2.47. The van der Waals surface area contributed by atoms with Crippen LogP contribution in [0.25, 0.3) is 0 Å². The Bertz CT molecular complexity index is 378. The van der Waals surface area contributed by atoms with Gasteiger partial charge in [-0.15, -0.1) is 0 Å². The van der Waals surface area contributed by atoms with E-state index in [1.807, 2.05) is 51.1 Å². The molecule has 1 rings (SSSR count). The standard InChI is InChI=1S/C15H25N3O/c1-12(2)17-15(19)13(3)18(11-7-10-16)14-8-5-4-6-9-14/h4-6,8-9,12-13H,7,10-11,16H2,1-3H3,(H,17,19). The van der Waals surface area contributed by atoms with E-state index in [1.54, 1.807) is 0 Å².